The number of rotatable bonds is 1. The van der Waals surface area contributed by atoms with E-state index in [0.717, 1.165) is 6.42 Å². The highest BCUT2D eigenvalue weighted by molar-refractivity contribution is 6.21. The van der Waals surface area contributed by atoms with Crippen molar-refractivity contribution in [2.75, 3.05) is 0 Å². The summed E-state index contributed by atoms with van der Waals surface area (Å²) in [5.74, 6) is 1.67. The first kappa shape index (κ1) is 10.9. The van der Waals surface area contributed by atoms with Gasteiger partial charge in [0, 0.05) is 24.1 Å². The van der Waals surface area contributed by atoms with Crippen molar-refractivity contribution < 1.29 is 9.53 Å². The van der Waals surface area contributed by atoms with E-state index in [9.17, 15) is 4.79 Å². The summed E-state index contributed by atoms with van der Waals surface area (Å²) in [5.41, 5.74) is 2.88. The third kappa shape index (κ3) is 1.17. The molecule has 3 heteroatoms. The van der Waals surface area contributed by atoms with Gasteiger partial charge >= 0.3 is 5.97 Å². The lowest BCUT2D eigenvalue weighted by Gasteiger charge is -2.43. The standard InChI is InChI=1S/C15H15ClO2/c1-7(17)18-15-10-6-11(16)14(15)13-9-5-3-2-4-8(9)12(10)13/h2-5,10-15H,6H2,1H3/t10-,11+,12-,13-,14+,15-/m1/s1. The highest BCUT2D eigenvalue weighted by Crippen LogP contribution is 2.69. The summed E-state index contributed by atoms with van der Waals surface area (Å²) in [7, 11) is 0. The van der Waals surface area contributed by atoms with Crippen molar-refractivity contribution in [3.05, 3.63) is 35.4 Å². The van der Waals surface area contributed by atoms with Gasteiger partial charge in [0.2, 0.25) is 0 Å². The Morgan fingerprint density at radius 2 is 1.94 bits per heavy atom. The Balaban J connectivity index is 1.74. The summed E-state index contributed by atoms with van der Waals surface area (Å²) < 4.78 is 5.56. The minimum absolute atomic E-state index is 0.0346. The number of ether oxygens (including phenoxy) is 1. The highest BCUT2D eigenvalue weighted by atomic mass is 35.5. The largest absolute Gasteiger partial charge is 0.462 e. The SMILES string of the molecule is CC(=O)O[C@@H]1[C@@H]2C[C@H](Cl)[C@H]1[C@@H]1c3ccccc3[C@H]21. The predicted molar refractivity (Wildman–Crippen MR) is 68.7 cm³/mol. The van der Waals surface area contributed by atoms with Crippen LogP contribution >= 0.6 is 11.6 Å². The van der Waals surface area contributed by atoms with Crippen LogP contribution in [-0.4, -0.2) is 17.5 Å². The molecule has 18 heavy (non-hydrogen) atoms. The quantitative estimate of drug-likeness (QED) is 0.574. The van der Waals surface area contributed by atoms with Crippen LogP contribution in [0.5, 0.6) is 0 Å². The van der Waals surface area contributed by atoms with Gasteiger partial charge in [-0.15, -0.1) is 11.6 Å². The first-order valence-electron chi connectivity index (χ1n) is 6.58. The van der Waals surface area contributed by atoms with E-state index in [1.807, 2.05) is 0 Å². The summed E-state index contributed by atoms with van der Waals surface area (Å²) in [6, 6.07) is 8.60. The Kier molecular flexibility index (Phi) is 2.12. The molecule has 2 bridgehead atoms. The number of hydrogen-bond donors (Lipinski definition) is 0. The summed E-state index contributed by atoms with van der Waals surface area (Å²) >= 11 is 6.46. The van der Waals surface area contributed by atoms with Crippen molar-refractivity contribution in [2.24, 2.45) is 11.8 Å². The molecule has 0 unspecified atom stereocenters. The van der Waals surface area contributed by atoms with Gasteiger partial charge in [-0.25, -0.2) is 0 Å². The summed E-state index contributed by atoms with van der Waals surface area (Å²) in [5, 5.41) is 0.161. The van der Waals surface area contributed by atoms with Gasteiger partial charge in [0.15, 0.2) is 0 Å². The molecule has 2 nitrogen and oxygen atoms in total. The van der Waals surface area contributed by atoms with Crippen LogP contribution in [0.15, 0.2) is 24.3 Å². The van der Waals surface area contributed by atoms with Crippen molar-refractivity contribution in [2.45, 2.75) is 36.7 Å². The molecule has 0 amide bonds. The Labute approximate surface area is 111 Å². The van der Waals surface area contributed by atoms with E-state index in [4.69, 9.17) is 16.3 Å². The van der Waals surface area contributed by atoms with Crippen LogP contribution in [0.2, 0.25) is 0 Å². The third-order valence-corrected chi connectivity index (χ3v) is 5.46. The number of carbonyl (C=O) groups is 1. The van der Waals surface area contributed by atoms with Crippen LogP contribution < -0.4 is 0 Å². The molecule has 94 valence electrons. The van der Waals surface area contributed by atoms with E-state index >= 15 is 0 Å². The Hall–Kier alpha value is -1.02. The van der Waals surface area contributed by atoms with Crippen LogP contribution in [0, 0.1) is 11.8 Å². The normalized spacial score (nSPS) is 43.0. The van der Waals surface area contributed by atoms with Crippen LogP contribution in [0.25, 0.3) is 0 Å². The van der Waals surface area contributed by atoms with Gasteiger partial charge in [-0.2, -0.15) is 0 Å². The molecule has 2 saturated carbocycles. The molecule has 0 radical (unpaired) electrons. The molecule has 4 rings (SSSR count). The maximum absolute atomic E-state index is 11.3. The van der Waals surface area contributed by atoms with Crippen molar-refractivity contribution in [3.8, 4) is 0 Å². The fourth-order valence-electron chi connectivity index (χ4n) is 4.53. The Bertz CT molecular complexity index is 527. The lowest BCUT2D eigenvalue weighted by atomic mass is 9.61. The number of carbonyl (C=O) groups excluding carboxylic acids is 1. The van der Waals surface area contributed by atoms with Gasteiger partial charge in [0.1, 0.15) is 6.10 Å². The molecule has 3 aliphatic rings. The Morgan fingerprint density at radius 3 is 2.61 bits per heavy atom. The number of hydrogen-bond acceptors (Lipinski definition) is 2. The summed E-state index contributed by atoms with van der Waals surface area (Å²) in [6.45, 7) is 1.50. The van der Waals surface area contributed by atoms with Crippen molar-refractivity contribution >= 4 is 17.6 Å². The number of alkyl halides is 1. The molecule has 1 aromatic rings. The van der Waals surface area contributed by atoms with E-state index in [2.05, 4.69) is 24.3 Å². The average Bonchev–Trinajstić information content (AvgIpc) is 2.72. The second kappa shape index (κ2) is 3.51. The van der Waals surface area contributed by atoms with E-state index in [-0.39, 0.29) is 17.5 Å². The zero-order valence-electron chi connectivity index (χ0n) is 10.2. The van der Waals surface area contributed by atoms with Crippen LogP contribution in [0.3, 0.4) is 0 Å². The maximum Gasteiger partial charge on any atom is 0.302 e. The minimum atomic E-state index is -0.175. The van der Waals surface area contributed by atoms with Gasteiger partial charge in [-0.1, -0.05) is 24.3 Å². The summed E-state index contributed by atoms with van der Waals surface area (Å²) in [6.07, 6.45) is 1.02. The second-order valence-electron chi connectivity index (χ2n) is 5.75. The fraction of sp³-hybridized carbons (Fsp3) is 0.533. The van der Waals surface area contributed by atoms with Crippen molar-refractivity contribution in [3.63, 3.8) is 0 Å². The first-order valence-corrected chi connectivity index (χ1v) is 7.02. The molecule has 0 saturated heterocycles. The number of halogens is 1. The zero-order valence-corrected chi connectivity index (χ0v) is 10.9. The first-order chi connectivity index (χ1) is 8.68. The van der Waals surface area contributed by atoms with Gasteiger partial charge in [0.25, 0.3) is 0 Å². The van der Waals surface area contributed by atoms with Crippen LogP contribution in [0.4, 0.5) is 0 Å². The lowest BCUT2D eigenvalue weighted by Crippen LogP contribution is -2.34. The zero-order chi connectivity index (χ0) is 12.4. The molecule has 0 heterocycles. The highest BCUT2D eigenvalue weighted by Gasteiger charge is 2.65. The fourth-order valence-corrected chi connectivity index (χ4v) is 5.04. The monoisotopic (exact) mass is 262 g/mol. The van der Waals surface area contributed by atoms with Gasteiger partial charge in [0.05, 0.1) is 0 Å². The summed E-state index contributed by atoms with van der Waals surface area (Å²) in [4.78, 5) is 11.3. The molecule has 0 aromatic heterocycles. The topological polar surface area (TPSA) is 26.3 Å². The molecule has 6 atom stereocenters. The molecule has 0 aliphatic heterocycles. The van der Waals surface area contributed by atoms with Gasteiger partial charge in [-0.3, -0.25) is 4.79 Å². The molecule has 3 aliphatic carbocycles. The average molecular weight is 263 g/mol. The number of benzene rings is 1. The molecule has 1 aromatic carbocycles. The van der Waals surface area contributed by atoms with Crippen LogP contribution in [-0.2, 0) is 9.53 Å². The number of fused-ring (bicyclic) bond motifs is 8. The number of esters is 1. The van der Waals surface area contributed by atoms with Crippen LogP contribution in [0.1, 0.15) is 36.3 Å². The smallest absolute Gasteiger partial charge is 0.302 e. The van der Waals surface area contributed by atoms with E-state index < -0.39 is 0 Å². The van der Waals surface area contributed by atoms with Gasteiger partial charge < -0.3 is 4.74 Å². The molecule has 0 N–H and O–H groups in total. The predicted octanol–water partition coefficient (Wildman–Crippen LogP) is 3.06. The van der Waals surface area contributed by atoms with Gasteiger partial charge in [-0.05, 0) is 29.4 Å². The maximum atomic E-state index is 11.3. The van der Waals surface area contributed by atoms with Crippen molar-refractivity contribution in [1.29, 1.82) is 0 Å². The molecular formula is C15H15ClO2. The molecule has 2 fully saturated rings. The molecular weight excluding hydrogens is 248 g/mol. The second-order valence-corrected chi connectivity index (χ2v) is 6.31. The van der Waals surface area contributed by atoms with E-state index in [1.54, 1.807) is 0 Å². The van der Waals surface area contributed by atoms with Crippen molar-refractivity contribution in [1.82, 2.24) is 0 Å². The Morgan fingerprint density at radius 1 is 1.28 bits per heavy atom. The third-order valence-electron chi connectivity index (χ3n) is 5.00. The minimum Gasteiger partial charge on any atom is -0.462 e. The lowest BCUT2D eigenvalue weighted by molar-refractivity contribution is -0.148. The molecule has 0 spiro atoms. The van der Waals surface area contributed by atoms with E-state index in [1.165, 1.54) is 18.1 Å². The van der Waals surface area contributed by atoms with E-state index in [0.29, 0.717) is 23.7 Å².